The Hall–Kier alpha value is -1.57. The van der Waals surface area contributed by atoms with Crippen molar-refractivity contribution in [1.29, 1.82) is 0 Å². The normalized spacial score (nSPS) is 10.6. The summed E-state index contributed by atoms with van der Waals surface area (Å²) in [5.41, 5.74) is 1.53. The molecule has 0 spiro atoms. The highest BCUT2D eigenvalue weighted by atomic mass is 16.2. The predicted octanol–water partition coefficient (Wildman–Crippen LogP) is 2.62. The van der Waals surface area contributed by atoms with Crippen molar-refractivity contribution in [2.45, 2.75) is 13.8 Å². The molecule has 0 saturated carbocycles. The van der Waals surface area contributed by atoms with E-state index in [4.69, 9.17) is 1.37 Å². The van der Waals surface area contributed by atoms with Crippen molar-refractivity contribution < 1.29 is 6.17 Å². The van der Waals surface area contributed by atoms with Gasteiger partial charge in [-0.05, 0) is 19.0 Å². The molecular formula is C12H15NO. The molecule has 0 bridgehead atoms. The first-order chi connectivity index (χ1) is 7.02. The summed E-state index contributed by atoms with van der Waals surface area (Å²) in [7, 11) is 0. The molecule has 0 saturated heterocycles. The van der Waals surface area contributed by atoms with Gasteiger partial charge < -0.3 is 4.90 Å². The molecule has 0 atom stereocenters. The van der Waals surface area contributed by atoms with Crippen molar-refractivity contribution in [2.24, 2.45) is 0 Å². The summed E-state index contributed by atoms with van der Waals surface area (Å²) in [6.07, 6.45) is 0. The lowest BCUT2D eigenvalue weighted by Crippen LogP contribution is -2.29. The van der Waals surface area contributed by atoms with Crippen LogP contribution in [0.5, 0.6) is 0 Å². The number of benzene rings is 1. The number of hydrogen-bond donors (Lipinski definition) is 0. The summed E-state index contributed by atoms with van der Waals surface area (Å²) in [6, 6.07) is 7.40. The van der Waals surface area contributed by atoms with Crippen molar-refractivity contribution in [1.82, 2.24) is 0 Å². The van der Waals surface area contributed by atoms with E-state index in [9.17, 15) is 4.79 Å². The van der Waals surface area contributed by atoms with Gasteiger partial charge in [0.05, 0.1) is 1.37 Å². The molecule has 1 amide bonds. The van der Waals surface area contributed by atoms with Gasteiger partial charge in [0.2, 0.25) is 5.91 Å². The minimum atomic E-state index is -0.0716. The number of hydrogen-bond acceptors (Lipinski definition) is 1. The van der Waals surface area contributed by atoms with Gasteiger partial charge in [-0.3, -0.25) is 4.79 Å². The Labute approximate surface area is 86.3 Å². The monoisotopic (exact) mass is 190 g/mol. The maximum Gasteiger partial charge on any atom is 0.224 e. The zero-order valence-electron chi connectivity index (χ0n) is 9.58. The van der Waals surface area contributed by atoms with Crippen molar-refractivity contribution in [3.8, 4) is 0 Å². The molecule has 0 fully saturated rings. The number of nitrogens with zero attached hydrogens (tertiary/aromatic N) is 1. The topological polar surface area (TPSA) is 20.3 Å². The molecule has 74 valence electrons. The van der Waals surface area contributed by atoms with E-state index in [1.54, 1.807) is 23.1 Å². The van der Waals surface area contributed by atoms with E-state index in [1.807, 2.05) is 13.0 Å². The van der Waals surface area contributed by atoms with Crippen LogP contribution in [0.2, 0.25) is 0 Å². The number of para-hydroxylation sites is 1. The van der Waals surface area contributed by atoms with Gasteiger partial charge >= 0.3 is 0 Å². The Balaban J connectivity index is 3.04. The largest absolute Gasteiger partial charge is 0.309 e. The van der Waals surface area contributed by atoms with Gasteiger partial charge in [-0.15, -0.1) is 0 Å². The van der Waals surface area contributed by atoms with Crippen LogP contribution in [0, 0.1) is 0 Å². The van der Waals surface area contributed by atoms with Crippen LogP contribution in [0.15, 0.2) is 42.5 Å². The van der Waals surface area contributed by atoms with Gasteiger partial charge in [0.1, 0.15) is 0 Å². The highest BCUT2D eigenvalue weighted by Gasteiger charge is 2.09. The molecule has 2 heteroatoms. The lowest BCUT2D eigenvalue weighted by Gasteiger charge is -2.20. The third-order valence-electron chi connectivity index (χ3n) is 1.79. The molecule has 0 aliphatic carbocycles. The fourth-order valence-electron chi connectivity index (χ4n) is 1.19. The molecule has 1 aromatic carbocycles. The van der Waals surface area contributed by atoms with Crippen molar-refractivity contribution >= 4 is 11.6 Å². The smallest absolute Gasteiger partial charge is 0.224 e. The number of carbonyl (C=O) groups excluding carboxylic acids is 1. The molecule has 0 unspecified atom stereocenters. The Morgan fingerprint density at radius 2 is 2.21 bits per heavy atom. The molecule has 0 aliphatic rings. The van der Waals surface area contributed by atoms with Crippen LogP contribution in [0.25, 0.3) is 0 Å². The summed E-state index contributed by atoms with van der Waals surface area (Å²) in [5, 5.41) is 0. The Morgan fingerprint density at radius 3 is 2.71 bits per heavy atom. The minimum absolute atomic E-state index is 0.0716. The van der Waals surface area contributed by atoms with Gasteiger partial charge in [-0.1, -0.05) is 30.4 Å². The van der Waals surface area contributed by atoms with Crippen LogP contribution in [0.3, 0.4) is 0 Å². The van der Waals surface area contributed by atoms with Gasteiger partial charge in [-0.2, -0.15) is 0 Å². The fraction of sp³-hybridized carbons (Fsp3) is 0.250. The number of carbonyl (C=O) groups is 1. The second kappa shape index (κ2) is 4.61. The molecule has 0 aliphatic heterocycles. The van der Waals surface area contributed by atoms with Crippen LogP contribution in [0.4, 0.5) is 5.69 Å². The zero-order chi connectivity index (χ0) is 11.4. The second-order valence-corrected chi connectivity index (χ2v) is 3.31. The SMILES string of the molecule is [2H]c1ccccc1N(CC(=C)C)C(C)=O. The third kappa shape index (κ3) is 2.73. The molecule has 1 rings (SSSR count). The Morgan fingerprint density at radius 1 is 1.50 bits per heavy atom. The summed E-state index contributed by atoms with van der Waals surface area (Å²) < 4.78 is 7.72. The average molecular weight is 190 g/mol. The molecule has 0 radical (unpaired) electrons. The van der Waals surface area contributed by atoms with Gasteiger partial charge in [0.25, 0.3) is 0 Å². The zero-order valence-corrected chi connectivity index (χ0v) is 8.58. The van der Waals surface area contributed by atoms with Crippen LogP contribution in [-0.2, 0) is 4.79 Å². The average Bonchev–Trinajstić information content (AvgIpc) is 2.15. The predicted molar refractivity (Wildman–Crippen MR) is 59.3 cm³/mol. The number of rotatable bonds is 3. The molecule has 0 heterocycles. The molecule has 0 N–H and O–H groups in total. The van der Waals surface area contributed by atoms with Crippen LogP contribution in [-0.4, -0.2) is 12.5 Å². The Kier molecular flexibility index (Phi) is 2.96. The summed E-state index contributed by atoms with van der Waals surface area (Å²) >= 11 is 0. The van der Waals surface area contributed by atoms with Crippen molar-refractivity contribution in [3.63, 3.8) is 0 Å². The molecular weight excluding hydrogens is 174 g/mol. The highest BCUT2D eigenvalue weighted by molar-refractivity contribution is 5.91. The van der Waals surface area contributed by atoms with E-state index in [1.165, 1.54) is 6.92 Å². The first-order valence-corrected chi connectivity index (χ1v) is 4.50. The molecule has 2 nitrogen and oxygen atoms in total. The van der Waals surface area contributed by atoms with E-state index >= 15 is 0 Å². The van der Waals surface area contributed by atoms with E-state index in [-0.39, 0.29) is 5.91 Å². The minimum Gasteiger partial charge on any atom is -0.309 e. The molecule has 1 aromatic rings. The third-order valence-corrected chi connectivity index (χ3v) is 1.79. The van der Waals surface area contributed by atoms with Crippen molar-refractivity contribution in [3.05, 3.63) is 42.5 Å². The van der Waals surface area contributed by atoms with Gasteiger partial charge in [0, 0.05) is 19.2 Å². The maximum absolute atomic E-state index is 11.4. The summed E-state index contributed by atoms with van der Waals surface area (Å²) in [4.78, 5) is 13.0. The molecule has 0 aromatic heterocycles. The lowest BCUT2D eigenvalue weighted by atomic mass is 10.2. The second-order valence-electron chi connectivity index (χ2n) is 3.31. The van der Waals surface area contributed by atoms with Crippen LogP contribution >= 0.6 is 0 Å². The van der Waals surface area contributed by atoms with E-state index < -0.39 is 0 Å². The Bertz CT molecular complexity index is 387. The quantitative estimate of drug-likeness (QED) is 0.671. The lowest BCUT2D eigenvalue weighted by molar-refractivity contribution is -0.116. The first kappa shape index (κ1) is 9.00. The summed E-state index contributed by atoms with van der Waals surface area (Å²) in [5.74, 6) is -0.0716. The van der Waals surface area contributed by atoms with Gasteiger partial charge in [0.15, 0.2) is 0 Å². The molecule has 14 heavy (non-hydrogen) atoms. The van der Waals surface area contributed by atoms with E-state index in [0.717, 1.165) is 5.57 Å². The standard InChI is InChI=1S/C12H15NO/c1-10(2)9-13(11(3)14)12-7-5-4-6-8-12/h4-8H,1,9H2,2-3H3/i7D. The van der Waals surface area contributed by atoms with Crippen molar-refractivity contribution in [2.75, 3.05) is 11.4 Å². The van der Waals surface area contributed by atoms with Crippen LogP contribution in [0.1, 0.15) is 15.2 Å². The first-order valence-electron chi connectivity index (χ1n) is 5.00. The van der Waals surface area contributed by atoms with Gasteiger partial charge in [-0.25, -0.2) is 0 Å². The summed E-state index contributed by atoms with van der Waals surface area (Å²) in [6.45, 7) is 7.60. The number of amides is 1. The van der Waals surface area contributed by atoms with Crippen LogP contribution < -0.4 is 4.90 Å². The van der Waals surface area contributed by atoms with E-state index in [0.29, 0.717) is 18.3 Å². The highest BCUT2D eigenvalue weighted by Crippen LogP contribution is 2.14. The van der Waals surface area contributed by atoms with E-state index in [2.05, 4.69) is 6.58 Å². The fourth-order valence-corrected chi connectivity index (χ4v) is 1.19. The number of anilines is 1. The maximum atomic E-state index is 11.4.